The fraction of sp³-hybridized carbons (Fsp3) is 0.381. The molecule has 1 heterocycles. The van der Waals surface area contributed by atoms with Gasteiger partial charge < -0.3 is 32.3 Å². The fourth-order valence-electron chi connectivity index (χ4n) is 3.67. The first-order chi connectivity index (χ1) is 15.2. The maximum atomic E-state index is 12.3. The van der Waals surface area contributed by atoms with Crippen LogP contribution in [0.2, 0.25) is 0 Å². The van der Waals surface area contributed by atoms with Gasteiger partial charge in [0.2, 0.25) is 5.95 Å². The number of nitrogen functional groups attached to an aromatic ring is 2. The molecule has 2 aromatic rings. The lowest BCUT2D eigenvalue weighted by molar-refractivity contribution is -0.140. The van der Waals surface area contributed by atoms with Gasteiger partial charge in [0.15, 0.2) is 0 Å². The third kappa shape index (κ3) is 5.84. The van der Waals surface area contributed by atoms with Crippen molar-refractivity contribution in [3.63, 3.8) is 0 Å². The molecule has 11 heteroatoms. The molecule has 11 nitrogen and oxygen atoms in total. The Balaban J connectivity index is 1.54. The Morgan fingerprint density at radius 3 is 2.50 bits per heavy atom. The molecule has 1 aliphatic carbocycles. The van der Waals surface area contributed by atoms with E-state index >= 15 is 0 Å². The van der Waals surface area contributed by atoms with Gasteiger partial charge in [-0.25, -0.2) is 9.78 Å². The Kier molecular flexibility index (Phi) is 7.08. The van der Waals surface area contributed by atoms with Gasteiger partial charge in [-0.2, -0.15) is 4.98 Å². The molecular formula is C21H26N6O5. The summed E-state index contributed by atoms with van der Waals surface area (Å²) in [5, 5.41) is 23.6. The van der Waals surface area contributed by atoms with Crippen LogP contribution in [0, 0.1) is 5.92 Å². The van der Waals surface area contributed by atoms with Crippen LogP contribution < -0.4 is 22.1 Å². The van der Waals surface area contributed by atoms with Crippen molar-refractivity contribution in [1.29, 1.82) is 0 Å². The second-order valence-corrected chi connectivity index (χ2v) is 7.76. The standard InChI is InChI=1S/C21H26N6O5/c22-18-14-9-11(1-6-15(14)26-21(23)27-18)10-24-13-4-2-12(3-5-13)19(30)25-16(20(31)32)7-8-17(28)29/h2-5,11,16,24H,1,6-10H2,(H,25,30)(H,28,29)(H,31,32)(H4,22,23,26,27)/t11-,16+/m1/s1. The molecule has 0 radical (unpaired) electrons. The summed E-state index contributed by atoms with van der Waals surface area (Å²) in [5.41, 5.74) is 14.6. The summed E-state index contributed by atoms with van der Waals surface area (Å²) in [6.45, 7) is 0.699. The summed E-state index contributed by atoms with van der Waals surface area (Å²) < 4.78 is 0. The molecule has 1 amide bonds. The van der Waals surface area contributed by atoms with E-state index in [9.17, 15) is 19.5 Å². The third-order valence-electron chi connectivity index (χ3n) is 5.42. The predicted molar refractivity (Wildman–Crippen MR) is 117 cm³/mol. The molecule has 0 saturated heterocycles. The SMILES string of the molecule is Nc1nc(N)c2c(n1)CC[C@@H](CNc1ccc(C(=O)N[C@@H](CCC(=O)O)C(=O)O)cc1)C2. The molecule has 0 unspecified atom stereocenters. The van der Waals surface area contributed by atoms with Gasteiger partial charge in [-0.15, -0.1) is 0 Å². The monoisotopic (exact) mass is 442 g/mol. The van der Waals surface area contributed by atoms with Crippen LogP contribution in [-0.2, 0) is 22.4 Å². The lowest BCUT2D eigenvalue weighted by atomic mass is 9.86. The van der Waals surface area contributed by atoms with Crippen molar-refractivity contribution in [2.24, 2.45) is 5.92 Å². The van der Waals surface area contributed by atoms with Crippen molar-refractivity contribution in [2.45, 2.75) is 38.1 Å². The van der Waals surface area contributed by atoms with E-state index in [0.717, 1.165) is 36.2 Å². The van der Waals surface area contributed by atoms with Gasteiger partial charge in [-0.05, 0) is 55.9 Å². The van der Waals surface area contributed by atoms with Gasteiger partial charge in [0.05, 0.1) is 5.69 Å². The van der Waals surface area contributed by atoms with E-state index in [1.165, 1.54) is 0 Å². The molecule has 32 heavy (non-hydrogen) atoms. The Morgan fingerprint density at radius 1 is 1.12 bits per heavy atom. The zero-order valence-corrected chi connectivity index (χ0v) is 17.4. The molecule has 8 N–H and O–H groups in total. The highest BCUT2D eigenvalue weighted by atomic mass is 16.4. The molecule has 1 aromatic carbocycles. The molecule has 0 aliphatic heterocycles. The molecule has 0 bridgehead atoms. The van der Waals surface area contributed by atoms with Crippen LogP contribution >= 0.6 is 0 Å². The summed E-state index contributed by atoms with van der Waals surface area (Å²) in [7, 11) is 0. The predicted octanol–water partition coefficient (Wildman–Crippen LogP) is 0.906. The Bertz CT molecular complexity index is 1010. The van der Waals surface area contributed by atoms with Crippen LogP contribution in [0.3, 0.4) is 0 Å². The number of hydrogen-bond acceptors (Lipinski definition) is 8. The Morgan fingerprint density at radius 2 is 1.84 bits per heavy atom. The van der Waals surface area contributed by atoms with Gasteiger partial charge >= 0.3 is 11.9 Å². The number of hydrogen-bond donors (Lipinski definition) is 6. The lowest BCUT2D eigenvalue weighted by Gasteiger charge is -2.25. The van der Waals surface area contributed by atoms with Gasteiger partial charge in [-0.3, -0.25) is 9.59 Å². The second-order valence-electron chi connectivity index (χ2n) is 7.76. The number of nitrogens with zero attached hydrogens (tertiary/aromatic N) is 2. The van der Waals surface area contributed by atoms with Crippen molar-refractivity contribution >= 4 is 35.3 Å². The molecule has 1 aromatic heterocycles. The first-order valence-corrected chi connectivity index (χ1v) is 10.2. The van der Waals surface area contributed by atoms with Crippen molar-refractivity contribution in [3.8, 4) is 0 Å². The molecular weight excluding hydrogens is 416 g/mol. The number of fused-ring (bicyclic) bond motifs is 1. The number of anilines is 3. The van der Waals surface area contributed by atoms with Crippen molar-refractivity contribution in [2.75, 3.05) is 23.3 Å². The number of aryl methyl sites for hydroxylation is 1. The van der Waals surface area contributed by atoms with E-state index in [-0.39, 0.29) is 24.4 Å². The highest BCUT2D eigenvalue weighted by Crippen LogP contribution is 2.28. The van der Waals surface area contributed by atoms with Crippen LogP contribution in [0.15, 0.2) is 24.3 Å². The minimum absolute atomic E-state index is 0.192. The first kappa shape index (κ1) is 22.8. The summed E-state index contributed by atoms with van der Waals surface area (Å²) in [4.78, 5) is 42.5. The zero-order valence-electron chi connectivity index (χ0n) is 17.4. The fourth-order valence-corrected chi connectivity index (χ4v) is 3.67. The number of carboxylic acid groups (broad SMARTS) is 2. The highest BCUT2D eigenvalue weighted by Gasteiger charge is 2.23. The van der Waals surface area contributed by atoms with Gasteiger partial charge in [0.25, 0.3) is 5.91 Å². The second kappa shape index (κ2) is 9.94. The Hall–Kier alpha value is -3.89. The topological polar surface area (TPSA) is 194 Å². The van der Waals surface area contributed by atoms with Gasteiger partial charge in [0.1, 0.15) is 11.9 Å². The number of nitrogens with two attached hydrogens (primary N) is 2. The van der Waals surface area contributed by atoms with Gasteiger partial charge in [0, 0.05) is 29.8 Å². The minimum atomic E-state index is -1.28. The largest absolute Gasteiger partial charge is 0.481 e. The summed E-state index contributed by atoms with van der Waals surface area (Å²) >= 11 is 0. The van der Waals surface area contributed by atoms with E-state index < -0.39 is 23.9 Å². The zero-order chi connectivity index (χ0) is 23.3. The van der Waals surface area contributed by atoms with Crippen LogP contribution in [0.1, 0.15) is 40.9 Å². The highest BCUT2D eigenvalue weighted by molar-refractivity contribution is 5.96. The normalized spacial score (nSPS) is 15.9. The molecule has 170 valence electrons. The van der Waals surface area contributed by atoms with Crippen molar-refractivity contribution in [3.05, 3.63) is 41.1 Å². The summed E-state index contributed by atoms with van der Waals surface area (Å²) in [5.74, 6) is -2.02. The molecule has 1 aliphatic rings. The van der Waals surface area contributed by atoms with E-state index in [1.54, 1.807) is 24.3 Å². The smallest absolute Gasteiger partial charge is 0.326 e. The van der Waals surface area contributed by atoms with Crippen molar-refractivity contribution in [1.82, 2.24) is 15.3 Å². The lowest BCUT2D eigenvalue weighted by Crippen LogP contribution is -2.41. The summed E-state index contributed by atoms with van der Waals surface area (Å²) in [6, 6.07) is 5.36. The number of nitrogens with one attached hydrogen (secondary N) is 2. The van der Waals surface area contributed by atoms with Crippen LogP contribution in [0.25, 0.3) is 0 Å². The van der Waals surface area contributed by atoms with Crippen LogP contribution in [0.5, 0.6) is 0 Å². The number of rotatable bonds is 9. The Labute approximate surface area is 184 Å². The molecule has 3 rings (SSSR count). The maximum absolute atomic E-state index is 12.3. The van der Waals surface area contributed by atoms with Crippen molar-refractivity contribution < 1.29 is 24.6 Å². The van der Waals surface area contributed by atoms with E-state index in [4.69, 9.17) is 16.6 Å². The summed E-state index contributed by atoms with van der Waals surface area (Å²) in [6.07, 6.45) is 1.93. The third-order valence-corrected chi connectivity index (χ3v) is 5.42. The molecule has 0 saturated carbocycles. The molecule has 0 fully saturated rings. The molecule has 0 spiro atoms. The molecule has 2 atom stereocenters. The van der Waals surface area contributed by atoms with Crippen LogP contribution in [-0.4, -0.2) is 50.6 Å². The number of carbonyl (C=O) groups excluding carboxylic acids is 1. The number of amides is 1. The van der Waals surface area contributed by atoms with E-state index in [0.29, 0.717) is 18.3 Å². The number of aromatic nitrogens is 2. The first-order valence-electron chi connectivity index (χ1n) is 10.2. The quantitative estimate of drug-likeness (QED) is 0.325. The number of carboxylic acids is 2. The number of carbonyl (C=O) groups is 3. The van der Waals surface area contributed by atoms with E-state index in [2.05, 4.69) is 20.6 Å². The average molecular weight is 442 g/mol. The number of benzene rings is 1. The minimum Gasteiger partial charge on any atom is -0.481 e. The number of aliphatic carboxylic acids is 2. The average Bonchev–Trinajstić information content (AvgIpc) is 2.75. The van der Waals surface area contributed by atoms with E-state index in [1.807, 2.05) is 0 Å². The van der Waals surface area contributed by atoms with Crippen LogP contribution in [0.4, 0.5) is 17.5 Å². The maximum Gasteiger partial charge on any atom is 0.326 e. The van der Waals surface area contributed by atoms with Gasteiger partial charge in [-0.1, -0.05) is 0 Å².